The second-order valence-electron chi connectivity index (χ2n) is 7.55. The molecule has 1 saturated heterocycles. The zero-order chi connectivity index (χ0) is 20.3. The Morgan fingerprint density at radius 2 is 1.93 bits per heavy atom. The Morgan fingerprint density at radius 1 is 1.21 bits per heavy atom. The van der Waals surface area contributed by atoms with E-state index < -0.39 is 30.1 Å². The zero-order valence-electron chi connectivity index (χ0n) is 15.8. The lowest BCUT2D eigenvalue weighted by molar-refractivity contribution is -0.150. The zero-order valence-corrected chi connectivity index (χ0v) is 15.8. The summed E-state index contributed by atoms with van der Waals surface area (Å²) in [5.41, 5.74) is 1.03. The van der Waals surface area contributed by atoms with Crippen LogP contribution in [0.4, 0.5) is 0 Å². The average molecular weight is 386 g/mol. The van der Waals surface area contributed by atoms with E-state index in [-0.39, 0.29) is 17.9 Å². The van der Waals surface area contributed by atoms with Crippen LogP contribution in [0.2, 0.25) is 0 Å². The van der Waals surface area contributed by atoms with E-state index in [0.717, 1.165) is 12.0 Å². The first kappa shape index (κ1) is 20.1. The molecule has 1 amide bonds. The third kappa shape index (κ3) is 4.25. The molecule has 3 N–H and O–H groups in total. The van der Waals surface area contributed by atoms with Crippen LogP contribution in [0.15, 0.2) is 42.5 Å². The average Bonchev–Trinajstić information content (AvgIpc) is 3.26. The van der Waals surface area contributed by atoms with E-state index >= 15 is 0 Å². The number of benzene rings is 1. The van der Waals surface area contributed by atoms with E-state index in [2.05, 4.69) is 5.32 Å². The fourth-order valence-electron chi connectivity index (χ4n) is 4.20. The van der Waals surface area contributed by atoms with Gasteiger partial charge in [0.05, 0.1) is 12.1 Å². The van der Waals surface area contributed by atoms with E-state index in [1.165, 1.54) is 4.90 Å². The number of nitrogens with zero attached hydrogens (tertiary/aromatic N) is 1. The number of carbonyl (C=O) groups is 3. The molecule has 0 unspecified atom stereocenters. The van der Waals surface area contributed by atoms with Crippen LogP contribution in [0.1, 0.15) is 31.7 Å². The van der Waals surface area contributed by atoms with Crippen LogP contribution in [-0.4, -0.2) is 57.1 Å². The fraction of sp³-hybridized carbons (Fsp3) is 0.476. The molecular weight excluding hydrogens is 360 g/mol. The molecule has 0 radical (unpaired) electrons. The van der Waals surface area contributed by atoms with E-state index in [1.807, 2.05) is 42.5 Å². The van der Waals surface area contributed by atoms with Crippen molar-refractivity contribution < 1.29 is 24.6 Å². The molecule has 5 atom stereocenters. The first-order valence-electron chi connectivity index (χ1n) is 9.63. The normalized spacial score (nSPS) is 25.3. The maximum Gasteiger partial charge on any atom is 0.326 e. The van der Waals surface area contributed by atoms with Crippen LogP contribution in [-0.2, 0) is 20.8 Å². The first-order chi connectivity index (χ1) is 13.4. The van der Waals surface area contributed by atoms with Crippen LogP contribution in [0.3, 0.4) is 0 Å². The second-order valence-corrected chi connectivity index (χ2v) is 7.55. The van der Waals surface area contributed by atoms with E-state index in [4.69, 9.17) is 0 Å². The van der Waals surface area contributed by atoms with Gasteiger partial charge >= 0.3 is 11.9 Å². The number of nitrogens with one attached hydrogen (secondary N) is 1. The molecule has 150 valence electrons. The van der Waals surface area contributed by atoms with Crippen molar-refractivity contribution in [3.8, 4) is 0 Å². The minimum absolute atomic E-state index is 0.130. The number of hydrogen-bond acceptors (Lipinski definition) is 4. The molecule has 1 aliphatic heterocycles. The molecule has 3 rings (SSSR count). The van der Waals surface area contributed by atoms with Gasteiger partial charge < -0.3 is 15.1 Å². The summed E-state index contributed by atoms with van der Waals surface area (Å²) in [4.78, 5) is 37.7. The van der Waals surface area contributed by atoms with Gasteiger partial charge in [-0.3, -0.25) is 14.9 Å². The molecule has 7 nitrogen and oxygen atoms in total. The van der Waals surface area contributed by atoms with Crippen molar-refractivity contribution in [2.24, 2.45) is 5.92 Å². The fourth-order valence-corrected chi connectivity index (χ4v) is 4.20. The maximum atomic E-state index is 13.0. The number of carboxylic acid groups (broad SMARTS) is 2. The van der Waals surface area contributed by atoms with Crippen molar-refractivity contribution >= 4 is 17.8 Å². The lowest BCUT2D eigenvalue weighted by Crippen LogP contribution is -2.55. The Kier molecular flexibility index (Phi) is 6.14. The number of likely N-dealkylation sites (tertiary alicyclic amines) is 1. The van der Waals surface area contributed by atoms with Gasteiger partial charge in [0, 0.05) is 0 Å². The Labute approximate surface area is 164 Å². The van der Waals surface area contributed by atoms with Gasteiger partial charge in [-0.05, 0) is 44.1 Å². The number of rotatable bonds is 8. The molecule has 0 spiro atoms. The molecular formula is C21H26N2O5. The number of amides is 1. The van der Waals surface area contributed by atoms with Crippen molar-refractivity contribution in [1.29, 1.82) is 0 Å². The van der Waals surface area contributed by atoms with Gasteiger partial charge in [-0.2, -0.15) is 0 Å². The highest BCUT2D eigenvalue weighted by molar-refractivity contribution is 5.88. The standard InChI is InChI=1S/C21H26N2O5/c1-13(22-16(20(25)26)11-10-14-6-3-2-4-7-14)19(24)23-17-9-5-8-15(17)12-18(23)21(27)28/h2-7,9,13,15-18,22H,8,10-12H2,1H3,(H,25,26)(H,27,28)/t13-,15+,16-,17-,18-/m0/s1. The summed E-state index contributed by atoms with van der Waals surface area (Å²) in [5.74, 6) is -2.27. The molecule has 28 heavy (non-hydrogen) atoms. The lowest BCUT2D eigenvalue weighted by atomic mass is 10.0. The van der Waals surface area contributed by atoms with Gasteiger partial charge in [-0.15, -0.1) is 0 Å². The lowest BCUT2D eigenvalue weighted by Gasteiger charge is -2.30. The quantitative estimate of drug-likeness (QED) is 0.587. The molecule has 1 aliphatic carbocycles. The minimum Gasteiger partial charge on any atom is -0.480 e. The van der Waals surface area contributed by atoms with Crippen LogP contribution in [0.25, 0.3) is 0 Å². The number of carboxylic acids is 2. The third-order valence-corrected chi connectivity index (χ3v) is 5.66. The Morgan fingerprint density at radius 3 is 2.57 bits per heavy atom. The largest absolute Gasteiger partial charge is 0.480 e. The first-order valence-corrected chi connectivity index (χ1v) is 9.63. The smallest absolute Gasteiger partial charge is 0.326 e. The van der Waals surface area contributed by atoms with Gasteiger partial charge in [0.25, 0.3) is 0 Å². The van der Waals surface area contributed by atoms with E-state index in [0.29, 0.717) is 19.3 Å². The van der Waals surface area contributed by atoms with Gasteiger partial charge in [0.2, 0.25) is 5.91 Å². The summed E-state index contributed by atoms with van der Waals surface area (Å²) in [5, 5.41) is 22.0. The second kappa shape index (κ2) is 8.56. The molecule has 2 aliphatic rings. The highest BCUT2D eigenvalue weighted by atomic mass is 16.4. The van der Waals surface area contributed by atoms with Crippen molar-refractivity contribution in [2.75, 3.05) is 0 Å². The van der Waals surface area contributed by atoms with Crippen LogP contribution in [0, 0.1) is 5.92 Å². The van der Waals surface area contributed by atoms with Crippen molar-refractivity contribution in [1.82, 2.24) is 10.2 Å². The van der Waals surface area contributed by atoms with Crippen LogP contribution >= 0.6 is 0 Å². The number of aryl methyl sites for hydroxylation is 1. The molecule has 0 aromatic heterocycles. The van der Waals surface area contributed by atoms with Crippen LogP contribution < -0.4 is 5.32 Å². The monoisotopic (exact) mass is 386 g/mol. The molecule has 0 saturated carbocycles. The number of aliphatic carboxylic acids is 2. The SMILES string of the molecule is C[C@H](N[C@@H](CCc1ccccc1)C(=O)O)C(=O)N1[C@H](C(=O)O)C[C@H]2CC=C[C@@H]21. The maximum absolute atomic E-state index is 13.0. The number of fused-ring (bicyclic) bond motifs is 1. The Hall–Kier alpha value is -2.67. The highest BCUT2D eigenvalue weighted by Crippen LogP contribution is 2.37. The molecule has 0 bridgehead atoms. The molecule has 7 heteroatoms. The summed E-state index contributed by atoms with van der Waals surface area (Å²) in [6, 6.07) is 6.81. The van der Waals surface area contributed by atoms with Gasteiger partial charge in [0.15, 0.2) is 0 Å². The summed E-state index contributed by atoms with van der Waals surface area (Å²) >= 11 is 0. The number of carbonyl (C=O) groups excluding carboxylic acids is 1. The minimum atomic E-state index is -1.02. The molecule has 1 aromatic rings. The number of allylic oxidation sites excluding steroid dienone is 1. The predicted molar refractivity (Wildman–Crippen MR) is 103 cm³/mol. The van der Waals surface area contributed by atoms with Crippen molar-refractivity contribution in [2.45, 2.75) is 56.8 Å². The summed E-state index contributed by atoms with van der Waals surface area (Å²) < 4.78 is 0. The third-order valence-electron chi connectivity index (χ3n) is 5.66. The van der Waals surface area contributed by atoms with Gasteiger partial charge in [-0.1, -0.05) is 42.5 Å². The Bertz CT molecular complexity index is 763. The topological polar surface area (TPSA) is 107 Å². The van der Waals surface area contributed by atoms with E-state index in [9.17, 15) is 24.6 Å². The molecule has 1 fully saturated rings. The highest BCUT2D eigenvalue weighted by Gasteiger charge is 2.48. The van der Waals surface area contributed by atoms with Gasteiger partial charge in [-0.25, -0.2) is 4.79 Å². The van der Waals surface area contributed by atoms with Crippen molar-refractivity contribution in [3.05, 3.63) is 48.0 Å². The summed E-state index contributed by atoms with van der Waals surface area (Å²) in [6.45, 7) is 1.60. The van der Waals surface area contributed by atoms with E-state index in [1.54, 1.807) is 6.92 Å². The van der Waals surface area contributed by atoms with Gasteiger partial charge in [0.1, 0.15) is 12.1 Å². The predicted octanol–water partition coefficient (Wildman–Crippen LogP) is 1.68. The summed E-state index contributed by atoms with van der Waals surface area (Å²) in [6.07, 6.45) is 5.98. The molecule has 1 heterocycles. The van der Waals surface area contributed by atoms with Crippen molar-refractivity contribution in [3.63, 3.8) is 0 Å². The molecule has 1 aromatic carbocycles. The Balaban J connectivity index is 1.66. The summed E-state index contributed by atoms with van der Waals surface area (Å²) in [7, 11) is 0. The van der Waals surface area contributed by atoms with Crippen LogP contribution in [0.5, 0.6) is 0 Å². The number of hydrogen-bond donors (Lipinski definition) is 3.